The topological polar surface area (TPSA) is 197 Å². The molecule has 0 heterocycles. The molecule has 0 fully saturated rings. The smallest absolute Gasteiger partial charge is 0.423 e. The third-order valence-corrected chi connectivity index (χ3v) is 6.34. The summed E-state index contributed by atoms with van der Waals surface area (Å²) < 4.78 is 53.1. The molecule has 0 aliphatic heterocycles. The SMILES string of the molecule is NCCN(CCN)C(=O)CCC(N)C(=O)NC(CCc1ccc(C(F)(F)F)cc1)C(=O)Nc1cc(B(O)O)ccc1F. The number of hydrogen-bond donors (Lipinski definition) is 7. The zero-order valence-corrected chi connectivity index (χ0v) is 22.7. The Morgan fingerprint density at radius 1 is 0.952 bits per heavy atom. The van der Waals surface area contributed by atoms with E-state index in [0.717, 1.165) is 30.3 Å². The van der Waals surface area contributed by atoms with Gasteiger partial charge in [-0.25, -0.2) is 4.39 Å². The third kappa shape index (κ3) is 10.7. The molecule has 0 aromatic heterocycles. The lowest BCUT2D eigenvalue weighted by molar-refractivity contribution is -0.137. The van der Waals surface area contributed by atoms with Gasteiger partial charge in [-0.2, -0.15) is 13.2 Å². The average molecular weight is 598 g/mol. The lowest BCUT2D eigenvalue weighted by atomic mass is 9.80. The van der Waals surface area contributed by atoms with Crippen LogP contribution in [0.15, 0.2) is 42.5 Å². The quantitative estimate of drug-likeness (QED) is 0.105. The first kappa shape index (κ1) is 34.6. The van der Waals surface area contributed by atoms with Crippen molar-refractivity contribution >= 4 is 36.0 Å². The monoisotopic (exact) mass is 598 g/mol. The maximum absolute atomic E-state index is 14.4. The molecule has 11 nitrogen and oxygen atoms in total. The molecule has 0 aliphatic rings. The lowest BCUT2D eigenvalue weighted by Crippen LogP contribution is -2.50. The Labute approximate surface area is 240 Å². The molecule has 0 spiro atoms. The Balaban J connectivity index is 2.16. The third-order valence-electron chi connectivity index (χ3n) is 6.34. The molecule has 10 N–H and O–H groups in total. The van der Waals surface area contributed by atoms with Crippen LogP contribution in [0.25, 0.3) is 0 Å². The second kappa shape index (κ2) is 16.2. The van der Waals surface area contributed by atoms with E-state index in [1.807, 2.05) is 0 Å². The first-order valence-electron chi connectivity index (χ1n) is 13.1. The van der Waals surface area contributed by atoms with Crippen LogP contribution in [-0.2, 0) is 27.0 Å². The molecule has 42 heavy (non-hydrogen) atoms. The highest BCUT2D eigenvalue weighted by Gasteiger charge is 2.30. The molecule has 2 aromatic rings. The van der Waals surface area contributed by atoms with Crippen molar-refractivity contribution < 1.29 is 42.0 Å². The van der Waals surface area contributed by atoms with Crippen LogP contribution in [0, 0.1) is 5.82 Å². The van der Waals surface area contributed by atoms with Crippen LogP contribution in [0.3, 0.4) is 0 Å². The molecule has 0 saturated heterocycles. The Morgan fingerprint density at radius 3 is 2.12 bits per heavy atom. The number of nitrogens with zero attached hydrogens (tertiary/aromatic N) is 1. The van der Waals surface area contributed by atoms with E-state index in [1.165, 1.54) is 17.0 Å². The second-order valence-electron chi connectivity index (χ2n) is 9.50. The number of rotatable bonds is 15. The summed E-state index contributed by atoms with van der Waals surface area (Å²) in [7, 11) is -1.94. The Bertz CT molecular complexity index is 1200. The van der Waals surface area contributed by atoms with Crippen LogP contribution in [0.2, 0.25) is 0 Å². The Hall–Kier alpha value is -3.57. The van der Waals surface area contributed by atoms with Gasteiger partial charge in [-0.05, 0) is 54.6 Å². The zero-order chi connectivity index (χ0) is 31.4. The molecular weight excluding hydrogens is 563 g/mol. The molecule has 0 saturated carbocycles. The summed E-state index contributed by atoms with van der Waals surface area (Å²) in [6, 6.07) is 4.71. The van der Waals surface area contributed by atoms with Gasteiger partial charge in [0.05, 0.1) is 17.3 Å². The number of amides is 3. The number of aryl methyl sites for hydroxylation is 1. The first-order valence-corrected chi connectivity index (χ1v) is 13.1. The van der Waals surface area contributed by atoms with E-state index in [2.05, 4.69) is 10.6 Å². The first-order chi connectivity index (χ1) is 19.8. The molecule has 0 aliphatic carbocycles. The van der Waals surface area contributed by atoms with Gasteiger partial charge >= 0.3 is 13.3 Å². The number of halogens is 4. The Kier molecular flexibility index (Phi) is 13.3. The van der Waals surface area contributed by atoms with Crippen molar-refractivity contribution in [1.82, 2.24) is 10.2 Å². The van der Waals surface area contributed by atoms with Gasteiger partial charge in [0.15, 0.2) is 0 Å². The summed E-state index contributed by atoms with van der Waals surface area (Å²) in [6.45, 7) is 0.979. The fourth-order valence-electron chi connectivity index (χ4n) is 3.98. The number of hydrogen-bond acceptors (Lipinski definition) is 8. The van der Waals surface area contributed by atoms with Gasteiger partial charge in [-0.15, -0.1) is 0 Å². The summed E-state index contributed by atoms with van der Waals surface area (Å²) >= 11 is 0. The predicted octanol–water partition coefficient (Wildman–Crippen LogP) is -0.566. The normalized spacial score (nSPS) is 12.8. The minimum absolute atomic E-state index is 0.0508. The van der Waals surface area contributed by atoms with Gasteiger partial charge in [0.1, 0.15) is 11.9 Å². The lowest BCUT2D eigenvalue weighted by Gasteiger charge is -2.23. The number of nitrogens with two attached hydrogens (primary N) is 3. The molecule has 2 unspecified atom stereocenters. The maximum Gasteiger partial charge on any atom is 0.488 e. The van der Waals surface area contributed by atoms with E-state index in [0.29, 0.717) is 5.56 Å². The molecular formula is C26H35BF4N6O5. The van der Waals surface area contributed by atoms with Crippen LogP contribution in [0.1, 0.15) is 30.4 Å². The molecule has 2 atom stereocenters. The summed E-state index contributed by atoms with van der Waals surface area (Å²) in [6.07, 6.45) is -4.76. The van der Waals surface area contributed by atoms with E-state index in [1.54, 1.807) is 0 Å². The Morgan fingerprint density at radius 2 is 1.57 bits per heavy atom. The second-order valence-corrected chi connectivity index (χ2v) is 9.50. The standard InChI is InChI=1S/C26H35BF4N6O5/c28-19-7-6-18(27(41)42)15-22(19)36-25(40)21(9-3-16-1-4-17(5-2-16)26(29,30)31)35-24(39)20(34)8-10-23(38)37(13-11-32)14-12-33/h1-2,4-7,15,20-21,41-42H,3,8-14,32-34H2,(H,35,39)(H,36,40). The van der Waals surface area contributed by atoms with Crippen LogP contribution >= 0.6 is 0 Å². The largest absolute Gasteiger partial charge is 0.488 e. The summed E-state index contributed by atoms with van der Waals surface area (Å²) in [5, 5.41) is 23.5. The van der Waals surface area contributed by atoms with Crippen LogP contribution in [-0.4, -0.2) is 78.1 Å². The van der Waals surface area contributed by atoms with Gasteiger partial charge in [-0.1, -0.05) is 18.2 Å². The number of nitrogens with one attached hydrogen (secondary N) is 2. The summed E-state index contributed by atoms with van der Waals surface area (Å²) in [4.78, 5) is 39.9. The van der Waals surface area contributed by atoms with E-state index in [9.17, 15) is 42.0 Å². The van der Waals surface area contributed by atoms with Crippen LogP contribution in [0.5, 0.6) is 0 Å². The van der Waals surface area contributed by atoms with Crippen LogP contribution < -0.4 is 33.3 Å². The van der Waals surface area contributed by atoms with Crippen molar-refractivity contribution in [2.24, 2.45) is 17.2 Å². The minimum atomic E-state index is -4.53. The van der Waals surface area contributed by atoms with Crippen molar-refractivity contribution in [2.75, 3.05) is 31.5 Å². The summed E-state index contributed by atoms with van der Waals surface area (Å²) in [5.41, 5.74) is 16.1. The van der Waals surface area contributed by atoms with Crippen molar-refractivity contribution in [1.29, 1.82) is 0 Å². The molecule has 16 heteroatoms. The van der Waals surface area contributed by atoms with Gasteiger partial charge in [-0.3, -0.25) is 14.4 Å². The van der Waals surface area contributed by atoms with E-state index in [-0.39, 0.29) is 63.2 Å². The van der Waals surface area contributed by atoms with Gasteiger partial charge in [0, 0.05) is 32.6 Å². The van der Waals surface area contributed by atoms with Crippen molar-refractivity contribution in [3.63, 3.8) is 0 Å². The van der Waals surface area contributed by atoms with Gasteiger partial charge in [0.2, 0.25) is 17.7 Å². The van der Waals surface area contributed by atoms with E-state index >= 15 is 0 Å². The van der Waals surface area contributed by atoms with Crippen LogP contribution in [0.4, 0.5) is 23.2 Å². The van der Waals surface area contributed by atoms with Crippen molar-refractivity contribution in [2.45, 2.75) is 43.9 Å². The molecule has 2 rings (SSSR count). The van der Waals surface area contributed by atoms with E-state index < -0.39 is 54.3 Å². The highest BCUT2D eigenvalue weighted by molar-refractivity contribution is 6.58. The molecule has 2 aromatic carbocycles. The molecule has 230 valence electrons. The molecule has 3 amide bonds. The maximum atomic E-state index is 14.4. The minimum Gasteiger partial charge on any atom is -0.423 e. The number of anilines is 1. The highest BCUT2D eigenvalue weighted by Crippen LogP contribution is 2.29. The number of benzene rings is 2. The number of carbonyl (C=O) groups excluding carboxylic acids is 3. The zero-order valence-electron chi connectivity index (χ0n) is 22.7. The predicted molar refractivity (Wildman–Crippen MR) is 148 cm³/mol. The molecule has 0 radical (unpaired) electrons. The highest BCUT2D eigenvalue weighted by atomic mass is 19.4. The van der Waals surface area contributed by atoms with Gasteiger partial charge in [0.25, 0.3) is 0 Å². The van der Waals surface area contributed by atoms with Crippen molar-refractivity contribution in [3.8, 4) is 0 Å². The van der Waals surface area contributed by atoms with Gasteiger partial charge < -0.3 is 42.8 Å². The fourth-order valence-corrected chi connectivity index (χ4v) is 3.98. The molecule has 0 bridgehead atoms. The van der Waals surface area contributed by atoms with E-state index in [4.69, 9.17) is 17.2 Å². The van der Waals surface area contributed by atoms with Crippen molar-refractivity contribution in [3.05, 3.63) is 59.4 Å². The average Bonchev–Trinajstić information content (AvgIpc) is 2.94. The number of alkyl halides is 3. The fraction of sp³-hybridized carbons (Fsp3) is 0.423. The summed E-state index contributed by atoms with van der Waals surface area (Å²) in [5.74, 6) is -2.89. The number of carbonyl (C=O) groups is 3.